The minimum atomic E-state index is -0.702. The predicted molar refractivity (Wildman–Crippen MR) is 83.9 cm³/mol. The molecule has 0 aliphatic heterocycles. The maximum atomic E-state index is 9.49. The predicted octanol–water partition coefficient (Wildman–Crippen LogP) is 5.65. The van der Waals surface area contributed by atoms with Gasteiger partial charge < -0.3 is 5.11 Å². The van der Waals surface area contributed by atoms with Crippen LogP contribution >= 0.6 is 0 Å². The zero-order chi connectivity index (χ0) is 14.4. The smallest absolute Gasteiger partial charge is 0.0800 e. The third-order valence-corrected chi connectivity index (χ3v) is 2.85. The van der Waals surface area contributed by atoms with Crippen molar-refractivity contribution in [3.05, 3.63) is 24.3 Å². The Hall–Kier alpha value is -0.560. The van der Waals surface area contributed by atoms with E-state index in [1.807, 2.05) is 0 Å². The average Bonchev–Trinajstić information content (AvgIpc) is 2.30. The summed E-state index contributed by atoms with van der Waals surface area (Å²) in [6.45, 7) is 13.9. The van der Waals surface area contributed by atoms with E-state index >= 15 is 0 Å². The van der Waals surface area contributed by atoms with Crippen molar-refractivity contribution in [2.24, 2.45) is 0 Å². The molecule has 0 radical (unpaired) electrons. The van der Waals surface area contributed by atoms with Crippen LogP contribution < -0.4 is 0 Å². The maximum absolute atomic E-state index is 9.49. The number of unbranched alkanes of at least 4 members (excludes halogenated alkanes) is 4. The van der Waals surface area contributed by atoms with Crippen LogP contribution in [0.1, 0.15) is 79.6 Å². The second kappa shape index (κ2) is 12.9. The van der Waals surface area contributed by atoms with Crippen LogP contribution in [0.3, 0.4) is 0 Å². The minimum Gasteiger partial charge on any atom is -0.386 e. The van der Waals surface area contributed by atoms with E-state index in [0.717, 1.165) is 12.8 Å². The van der Waals surface area contributed by atoms with Gasteiger partial charge in [0.25, 0.3) is 0 Å². The molecule has 108 valence electrons. The second-order valence-corrected chi connectivity index (χ2v) is 5.44. The molecule has 1 unspecified atom stereocenters. The van der Waals surface area contributed by atoms with Gasteiger partial charge in [-0.25, -0.2) is 0 Å². The largest absolute Gasteiger partial charge is 0.386 e. The number of rotatable bonds is 8. The van der Waals surface area contributed by atoms with Gasteiger partial charge in [-0.1, -0.05) is 63.7 Å². The van der Waals surface area contributed by atoms with Crippen molar-refractivity contribution in [3.63, 3.8) is 0 Å². The van der Waals surface area contributed by atoms with Gasteiger partial charge in [0.1, 0.15) is 0 Å². The van der Waals surface area contributed by atoms with E-state index in [9.17, 15) is 5.11 Å². The molecule has 18 heavy (non-hydrogen) atoms. The Balaban J connectivity index is 0. The Morgan fingerprint density at radius 3 is 1.94 bits per heavy atom. The number of hydrogen-bond acceptors (Lipinski definition) is 1. The summed E-state index contributed by atoms with van der Waals surface area (Å²) in [5.41, 5.74) is 0.594. The molecule has 1 N–H and O–H groups in total. The van der Waals surface area contributed by atoms with Crippen LogP contribution in [-0.2, 0) is 0 Å². The first-order valence-electron chi connectivity index (χ1n) is 7.39. The van der Waals surface area contributed by atoms with Crippen molar-refractivity contribution in [2.75, 3.05) is 0 Å². The first-order valence-corrected chi connectivity index (χ1v) is 7.39. The Morgan fingerprint density at radius 2 is 1.61 bits per heavy atom. The second-order valence-electron chi connectivity index (χ2n) is 5.44. The molecule has 0 aromatic heterocycles. The highest BCUT2D eigenvalue weighted by atomic mass is 16.3. The van der Waals surface area contributed by atoms with Crippen LogP contribution in [0, 0.1) is 0 Å². The molecule has 1 nitrogen and oxygen atoms in total. The molecular formula is C17H34O. The van der Waals surface area contributed by atoms with Gasteiger partial charge in [-0.05, 0) is 33.6 Å². The molecule has 0 bridgehead atoms. The van der Waals surface area contributed by atoms with Gasteiger partial charge in [0.05, 0.1) is 5.60 Å². The lowest BCUT2D eigenvalue weighted by atomic mass is 10.00. The van der Waals surface area contributed by atoms with Crippen LogP contribution in [-0.4, -0.2) is 10.7 Å². The van der Waals surface area contributed by atoms with Gasteiger partial charge in [-0.3, -0.25) is 0 Å². The highest BCUT2D eigenvalue weighted by Crippen LogP contribution is 2.13. The summed E-state index contributed by atoms with van der Waals surface area (Å²) in [6.07, 6.45) is 12.4. The SMILES string of the molecule is C=CC(C)(O)CCC=C(C)C.CCCCCCC. The zero-order valence-electron chi connectivity index (χ0n) is 13.3. The van der Waals surface area contributed by atoms with Gasteiger partial charge in [0, 0.05) is 0 Å². The molecule has 0 amide bonds. The fraction of sp³-hybridized carbons (Fsp3) is 0.765. The first-order chi connectivity index (χ1) is 8.39. The van der Waals surface area contributed by atoms with E-state index in [2.05, 4.69) is 40.3 Å². The summed E-state index contributed by atoms with van der Waals surface area (Å²) < 4.78 is 0. The van der Waals surface area contributed by atoms with Crippen molar-refractivity contribution in [1.29, 1.82) is 0 Å². The highest BCUT2D eigenvalue weighted by molar-refractivity contribution is 4.97. The molecule has 0 saturated carbocycles. The van der Waals surface area contributed by atoms with Gasteiger partial charge in [0.15, 0.2) is 0 Å². The fourth-order valence-electron chi connectivity index (χ4n) is 1.43. The van der Waals surface area contributed by atoms with Gasteiger partial charge in [-0.15, -0.1) is 6.58 Å². The monoisotopic (exact) mass is 254 g/mol. The van der Waals surface area contributed by atoms with Crippen LogP contribution in [0.25, 0.3) is 0 Å². The van der Waals surface area contributed by atoms with E-state index < -0.39 is 5.60 Å². The van der Waals surface area contributed by atoms with Crippen LogP contribution in [0.4, 0.5) is 0 Å². The lowest BCUT2D eigenvalue weighted by molar-refractivity contribution is 0.103. The molecule has 0 aromatic carbocycles. The quantitative estimate of drug-likeness (QED) is 0.438. The zero-order valence-corrected chi connectivity index (χ0v) is 13.3. The molecule has 1 atom stereocenters. The summed E-state index contributed by atoms with van der Waals surface area (Å²) in [6, 6.07) is 0. The van der Waals surface area contributed by atoms with Gasteiger partial charge >= 0.3 is 0 Å². The fourth-order valence-corrected chi connectivity index (χ4v) is 1.43. The van der Waals surface area contributed by atoms with Crippen LogP contribution in [0.15, 0.2) is 24.3 Å². The molecule has 0 aliphatic rings. The van der Waals surface area contributed by atoms with Crippen LogP contribution in [0.5, 0.6) is 0 Å². The normalized spacial score (nSPS) is 13.0. The Bertz CT molecular complexity index is 206. The van der Waals surface area contributed by atoms with Crippen molar-refractivity contribution in [1.82, 2.24) is 0 Å². The lowest BCUT2D eigenvalue weighted by Gasteiger charge is -2.16. The van der Waals surface area contributed by atoms with E-state index in [1.165, 1.54) is 37.7 Å². The van der Waals surface area contributed by atoms with Gasteiger partial charge in [0.2, 0.25) is 0 Å². The van der Waals surface area contributed by atoms with Crippen LogP contribution in [0.2, 0.25) is 0 Å². The summed E-state index contributed by atoms with van der Waals surface area (Å²) >= 11 is 0. The van der Waals surface area contributed by atoms with Gasteiger partial charge in [-0.2, -0.15) is 0 Å². The van der Waals surface area contributed by atoms with E-state index in [1.54, 1.807) is 13.0 Å². The maximum Gasteiger partial charge on any atom is 0.0800 e. The van der Waals surface area contributed by atoms with E-state index in [4.69, 9.17) is 0 Å². The Kier molecular flexibility index (Phi) is 14.2. The molecular weight excluding hydrogens is 220 g/mol. The molecule has 0 heterocycles. The lowest BCUT2D eigenvalue weighted by Crippen LogP contribution is -2.19. The molecule has 0 spiro atoms. The summed E-state index contributed by atoms with van der Waals surface area (Å²) in [5, 5.41) is 9.49. The summed E-state index contributed by atoms with van der Waals surface area (Å²) in [4.78, 5) is 0. The highest BCUT2D eigenvalue weighted by Gasteiger charge is 2.12. The summed E-state index contributed by atoms with van der Waals surface area (Å²) in [5.74, 6) is 0. The van der Waals surface area contributed by atoms with Crippen molar-refractivity contribution in [2.45, 2.75) is 85.2 Å². The Morgan fingerprint density at radius 1 is 1.11 bits per heavy atom. The molecule has 0 fully saturated rings. The van der Waals surface area contributed by atoms with Crippen molar-refractivity contribution in [3.8, 4) is 0 Å². The standard InChI is InChI=1S/C10H18O.C7H16/c1-5-10(4,11)8-6-7-9(2)3;1-3-5-7-6-4-2/h5,7,11H,1,6,8H2,2-4H3;3-7H2,1-2H3. The molecule has 0 aliphatic carbocycles. The van der Waals surface area contributed by atoms with E-state index in [-0.39, 0.29) is 0 Å². The third kappa shape index (κ3) is 17.8. The molecule has 0 aromatic rings. The number of allylic oxidation sites excluding steroid dienone is 2. The summed E-state index contributed by atoms with van der Waals surface area (Å²) in [7, 11) is 0. The third-order valence-electron chi connectivity index (χ3n) is 2.85. The topological polar surface area (TPSA) is 20.2 Å². The number of hydrogen-bond donors (Lipinski definition) is 1. The van der Waals surface area contributed by atoms with Crippen molar-refractivity contribution >= 4 is 0 Å². The first kappa shape index (κ1) is 19.8. The molecule has 1 heteroatoms. The molecule has 0 rings (SSSR count). The number of aliphatic hydroxyl groups is 1. The minimum absolute atomic E-state index is 0.702. The molecule has 0 saturated heterocycles. The van der Waals surface area contributed by atoms with Crippen molar-refractivity contribution < 1.29 is 5.11 Å². The van der Waals surface area contributed by atoms with E-state index in [0.29, 0.717) is 0 Å². The Labute approximate surface area is 115 Å². The average molecular weight is 254 g/mol.